The molecule has 3 nitrogen and oxygen atoms in total. The molecule has 0 saturated heterocycles. The van der Waals surface area contributed by atoms with E-state index in [4.69, 9.17) is 9.94 Å². The molecule has 13 heavy (non-hydrogen) atoms. The highest BCUT2D eigenvalue weighted by Gasteiger charge is 2.10. The second-order valence-corrected chi connectivity index (χ2v) is 3.85. The van der Waals surface area contributed by atoms with Gasteiger partial charge in [0.15, 0.2) is 0 Å². The van der Waals surface area contributed by atoms with E-state index >= 15 is 0 Å². The molecule has 0 aliphatic heterocycles. The summed E-state index contributed by atoms with van der Waals surface area (Å²) in [6.45, 7) is 5.97. The summed E-state index contributed by atoms with van der Waals surface area (Å²) in [6.07, 6.45) is 0. The maximum Gasteiger partial charge on any atom is 0.120 e. The van der Waals surface area contributed by atoms with Gasteiger partial charge in [-0.1, -0.05) is 0 Å². The van der Waals surface area contributed by atoms with Gasteiger partial charge in [-0.25, -0.2) is 0 Å². The third kappa shape index (κ3) is 3.34. The van der Waals surface area contributed by atoms with Crippen molar-refractivity contribution in [2.75, 3.05) is 5.48 Å². The molecule has 0 aliphatic carbocycles. The van der Waals surface area contributed by atoms with Crippen molar-refractivity contribution in [2.45, 2.75) is 26.4 Å². The first kappa shape index (κ1) is 9.86. The van der Waals surface area contributed by atoms with Crippen LogP contribution in [0.15, 0.2) is 24.3 Å². The number of ether oxygens (including phenoxy) is 1. The van der Waals surface area contributed by atoms with Crippen LogP contribution in [0.5, 0.6) is 5.75 Å². The Bertz CT molecular complexity index is 261. The maximum atomic E-state index is 8.57. The fraction of sp³-hybridized carbons (Fsp3) is 0.400. The Morgan fingerprint density at radius 1 is 1.15 bits per heavy atom. The molecule has 0 saturated carbocycles. The van der Waals surface area contributed by atoms with E-state index in [1.165, 1.54) is 0 Å². The van der Waals surface area contributed by atoms with Gasteiger partial charge in [-0.3, -0.25) is 10.7 Å². The van der Waals surface area contributed by atoms with Gasteiger partial charge in [0.05, 0.1) is 5.69 Å². The van der Waals surface area contributed by atoms with Gasteiger partial charge < -0.3 is 4.74 Å². The van der Waals surface area contributed by atoms with Gasteiger partial charge in [0, 0.05) is 0 Å². The lowest BCUT2D eigenvalue weighted by Gasteiger charge is -2.21. The van der Waals surface area contributed by atoms with Crippen molar-refractivity contribution in [1.29, 1.82) is 0 Å². The van der Waals surface area contributed by atoms with E-state index in [1.807, 2.05) is 32.9 Å². The van der Waals surface area contributed by atoms with Crippen LogP contribution in [0, 0.1) is 0 Å². The zero-order chi connectivity index (χ0) is 9.90. The SMILES string of the molecule is CC(C)(C)Oc1ccc(NO)cc1. The maximum absolute atomic E-state index is 8.57. The van der Waals surface area contributed by atoms with Crippen LogP contribution in [0.3, 0.4) is 0 Å². The number of benzene rings is 1. The summed E-state index contributed by atoms with van der Waals surface area (Å²) in [4.78, 5) is 0. The van der Waals surface area contributed by atoms with Crippen LogP contribution in [0.25, 0.3) is 0 Å². The van der Waals surface area contributed by atoms with Crippen molar-refractivity contribution >= 4 is 5.69 Å². The predicted octanol–water partition coefficient (Wildman–Crippen LogP) is 2.67. The quantitative estimate of drug-likeness (QED) is 0.689. The van der Waals surface area contributed by atoms with Gasteiger partial charge >= 0.3 is 0 Å². The molecular formula is C10H15NO2. The lowest BCUT2D eigenvalue weighted by atomic mass is 10.2. The fourth-order valence-corrected chi connectivity index (χ4v) is 0.951. The Kier molecular flexibility index (Phi) is 2.78. The van der Waals surface area contributed by atoms with E-state index < -0.39 is 0 Å². The summed E-state index contributed by atoms with van der Waals surface area (Å²) in [7, 11) is 0. The number of hydrogen-bond donors (Lipinski definition) is 2. The molecule has 0 atom stereocenters. The molecule has 1 aromatic rings. The number of nitrogens with one attached hydrogen (secondary N) is 1. The molecule has 0 aliphatic rings. The molecule has 72 valence electrons. The molecule has 3 heteroatoms. The Labute approximate surface area is 78.3 Å². The largest absolute Gasteiger partial charge is 0.488 e. The molecule has 0 spiro atoms. The summed E-state index contributed by atoms with van der Waals surface area (Å²) in [6, 6.07) is 7.12. The summed E-state index contributed by atoms with van der Waals surface area (Å²) in [5.74, 6) is 0.798. The van der Waals surface area contributed by atoms with Gasteiger partial charge in [0.2, 0.25) is 0 Å². The fourth-order valence-electron chi connectivity index (χ4n) is 0.951. The predicted molar refractivity (Wildman–Crippen MR) is 52.2 cm³/mol. The van der Waals surface area contributed by atoms with E-state index in [0.29, 0.717) is 5.69 Å². The average Bonchev–Trinajstić information content (AvgIpc) is 2.03. The second kappa shape index (κ2) is 3.66. The highest BCUT2D eigenvalue weighted by molar-refractivity contribution is 5.44. The smallest absolute Gasteiger partial charge is 0.120 e. The molecule has 1 rings (SSSR count). The molecule has 0 heterocycles. The van der Waals surface area contributed by atoms with Crippen LogP contribution in [-0.4, -0.2) is 10.8 Å². The first-order chi connectivity index (χ1) is 6.01. The summed E-state index contributed by atoms with van der Waals surface area (Å²) in [5.41, 5.74) is 2.53. The van der Waals surface area contributed by atoms with E-state index in [1.54, 1.807) is 12.1 Å². The van der Waals surface area contributed by atoms with Crippen LogP contribution >= 0.6 is 0 Å². The van der Waals surface area contributed by atoms with Crippen molar-refractivity contribution in [2.24, 2.45) is 0 Å². The Balaban J connectivity index is 2.70. The van der Waals surface area contributed by atoms with Crippen LogP contribution in [0.4, 0.5) is 5.69 Å². The van der Waals surface area contributed by atoms with Gasteiger partial charge in [-0.05, 0) is 45.0 Å². The zero-order valence-electron chi connectivity index (χ0n) is 8.16. The van der Waals surface area contributed by atoms with Crippen molar-refractivity contribution < 1.29 is 9.94 Å². The van der Waals surface area contributed by atoms with Crippen molar-refractivity contribution in [3.8, 4) is 5.75 Å². The zero-order valence-corrected chi connectivity index (χ0v) is 8.16. The van der Waals surface area contributed by atoms with E-state index in [-0.39, 0.29) is 5.60 Å². The molecule has 0 radical (unpaired) electrons. The molecule has 0 fully saturated rings. The highest BCUT2D eigenvalue weighted by Crippen LogP contribution is 2.19. The van der Waals surface area contributed by atoms with E-state index in [0.717, 1.165) is 5.75 Å². The number of rotatable bonds is 2. The number of anilines is 1. The third-order valence-corrected chi connectivity index (χ3v) is 1.41. The standard InChI is InChI=1S/C10H15NO2/c1-10(2,3)13-9-6-4-8(11-12)5-7-9/h4-7,11-12H,1-3H3. The molecule has 0 amide bonds. The van der Waals surface area contributed by atoms with Gasteiger partial charge in [-0.15, -0.1) is 0 Å². The summed E-state index contributed by atoms with van der Waals surface area (Å²) in [5, 5.41) is 8.57. The average molecular weight is 181 g/mol. The summed E-state index contributed by atoms with van der Waals surface area (Å²) < 4.78 is 5.59. The van der Waals surface area contributed by atoms with Crippen LogP contribution < -0.4 is 10.2 Å². The van der Waals surface area contributed by atoms with Gasteiger partial charge in [-0.2, -0.15) is 0 Å². The summed E-state index contributed by atoms with van der Waals surface area (Å²) >= 11 is 0. The third-order valence-electron chi connectivity index (χ3n) is 1.41. The highest BCUT2D eigenvalue weighted by atomic mass is 16.5. The monoisotopic (exact) mass is 181 g/mol. The molecule has 1 aromatic carbocycles. The van der Waals surface area contributed by atoms with Crippen molar-refractivity contribution in [3.63, 3.8) is 0 Å². The van der Waals surface area contributed by atoms with Gasteiger partial charge in [0.25, 0.3) is 0 Å². The van der Waals surface area contributed by atoms with E-state index in [2.05, 4.69) is 5.48 Å². The second-order valence-electron chi connectivity index (χ2n) is 3.85. The molecule has 0 bridgehead atoms. The molecule has 2 N–H and O–H groups in total. The van der Waals surface area contributed by atoms with E-state index in [9.17, 15) is 0 Å². The Hall–Kier alpha value is -1.22. The van der Waals surface area contributed by atoms with Crippen molar-refractivity contribution in [3.05, 3.63) is 24.3 Å². The first-order valence-corrected chi connectivity index (χ1v) is 4.20. The minimum Gasteiger partial charge on any atom is -0.488 e. The minimum atomic E-state index is -0.186. The first-order valence-electron chi connectivity index (χ1n) is 4.20. The lowest BCUT2D eigenvalue weighted by Crippen LogP contribution is -2.22. The van der Waals surface area contributed by atoms with Crippen molar-refractivity contribution in [1.82, 2.24) is 0 Å². The van der Waals surface area contributed by atoms with Crippen LogP contribution in [-0.2, 0) is 0 Å². The minimum absolute atomic E-state index is 0.186. The van der Waals surface area contributed by atoms with Crippen LogP contribution in [0.1, 0.15) is 20.8 Å². The number of hydrogen-bond acceptors (Lipinski definition) is 3. The van der Waals surface area contributed by atoms with Crippen LogP contribution in [0.2, 0.25) is 0 Å². The topological polar surface area (TPSA) is 41.5 Å². The lowest BCUT2D eigenvalue weighted by molar-refractivity contribution is 0.131. The molecule has 0 unspecified atom stereocenters. The van der Waals surface area contributed by atoms with Gasteiger partial charge in [0.1, 0.15) is 11.4 Å². The normalized spacial score (nSPS) is 11.1. The molecular weight excluding hydrogens is 166 g/mol. The molecule has 0 aromatic heterocycles. The Morgan fingerprint density at radius 3 is 2.08 bits per heavy atom. The Morgan fingerprint density at radius 2 is 1.69 bits per heavy atom.